The first-order chi connectivity index (χ1) is 7.99. The molecule has 0 spiro atoms. The average Bonchev–Trinajstić information content (AvgIpc) is 2.28. The first-order valence-electron chi connectivity index (χ1n) is 6.16. The van der Waals surface area contributed by atoms with Crippen molar-refractivity contribution in [1.29, 1.82) is 0 Å². The molecule has 17 heavy (non-hydrogen) atoms. The minimum absolute atomic E-state index is 0.107. The number of ether oxygens (including phenoxy) is 1. The van der Waals surface area contributed by atoms with E-state index in [4.69, 9.17) is 13.8 Å². The van der Waals surface area contributed by atoms with Crippen molar-refractivity contribution in [3.8, 4) is 0 Å². The van der Waals surface area contributed by atoms with Crippen molar-refractivity contribution in [2.45, 2.75) is 34.1 Å². The van der Waals surface area contributed by atoms with Crippen LogP contribution in [0.2, 0.25) is 0 Å². The van der Waals surface area contributed by atoms with Crippen LogP contribution in [0.1, 0.15) is 34.1 Å². The van der Waals surface area contributed by atoms with E-state index in [9.17, 15) is 9.69 Å². The van der Waals surface area contributed by atoms with E-state index in [-0.39, 0.29) is 24.7 Å². The first kappa shape index (κ1) is 16.8. The zero-order chi connectivity index (χ0) is 13.3. The van der Waals surface area contributed by atoms with E-state index in [1.54, 1.807) is 13.8 Å². The van der Waals surface area contributed by atoms with E-state index in [1.807, 2.05) is 13.8 Å². The van der Waals surface area contributed by atoms with Gasteiger partial charge in [-0.25, -0.2) is 0 Å². The topological polar surface area (TPSA) is 65.0 Å². The molecule has 0 aliphatic carbocycles. The summed E-state index contributed by atoms with van der Waals surface area (Å²) in [5.74, 6) is -0.346. The monoisotopic (exact) mass is 268 g/mol. The molecule has 1 atom stereocenters. The Morgan fingerprint density at radius 3 is 2.18 bits per heavy atom. The molecule has 5 nitrogen and oxygen atoms in total. The van der Waals surface area contributed by atoms with Crippen LogP contribution < -0.4 is 0 Å². The molecule has 1 N–H and O–H groups in total. The van der Waals surface area contributed by atoms with Gasteiger partial charge >= 0.3 is 103 Å². The van der Waals surface area contributed by atoms with Crippen molar-refractivity contribution in [2.24, 2.45) is 5.92 Å². The summed E-state index contributed by atoms with van der Waals surface area (Å²) in [6, 6.07) is 0. The van der Waals surface area contributed by atoms with Crippen LogP contribution in [0.15, 0.2) is 0 Å². The van der Waals surface area contributed by atoms with Crippen LogP contribution >= 0.6 is 7.94 Å². The summed E-state index contributed by atoms with van der Waals surface area (Å²) in [5, 5.41) is 0. The zero-order valence-corrected chi connectivity index (χ0v) is 12.2. The molecule has 0 saturated carbocycles. The predicted molar refractivity (Wildman–Crippen MR) is 69.1 cm³/mol. The van der Waals surface area contributed by atoms with Gasteiger partial charge in [0.25, 0.3) is 0 Å². The van der Waals surface area contributed by atoms with Gasteiger partial charge in [-0.05, 0) is 0 Å². The van der Waals surface area contributed by atoms with E-state index in [2.05, 4.69) is 0 Å². The van der Waals surface area contributed by atoms with Crippen molar-refractivity contribution >= 4 is 13.9 Å². The quantitative estimate of drug-likeness (QED) is 0.512. The van der Waals surface area contributed by atoms with E-state index in [0.29, 0.717) is 13.2 Å². The summed E-state index contributed by atoms with van der Waals surface area (Å²) < 4.78 is 15.5. The van der Waals surface area contributed by atoms with Gasteiger partial charge in [0.05, 0.1) is 0 Å². The molecule has 0 aliphatic heterocycles. The Hall–Kier alpha value is -0.220. The Labute approximate surface area is 104 Å². The van der Waals surface area contributed by atoms with E-state index >= 15 is 0 Å². The number of esters is 1. The third kappa shape index (κ3) is 6.94. The van der Waals surface area contributed by atoms with E-state index in [0.717, 1.165) is 6.42 Å². The molecule has 0 bridgehead atoms. The fraction of sp³-hybridized carbons (Fsp3) is 0.909. The SMILES string of the molecule is CCO[PH](O)(CCOC(=O)C(C)CC)OCC. The van der Waals surface area contributed by atoms with Crippen molar-refractivity contribution in [3.05, 3.63) is 0 Å². The third-order valence-corrected chi connectivity index (χ3v) is 4.73. The molecule has 0 aliphatic rings. The van der Waals surface area contributed by atoms with Crippen LogP contribution in [-0.4, -0.2) is 36.8 Å². The molecule has 0 aromatic rings. The van der Waals surface area contributed by atoms with Gasteiger partial charge in [0.2, 0.25) is 0 Å². The molecule has 0 rings (SSSR count). The molecule has 0 aromatic heterocycles. The molecular weight excluding hydrogens is 243 g/mol. The van der Waals surface area contributed by atoms with Crippen LogP contribution in [0.4, 0.5) is 0 Å². The summed E-state index contributed by atoms with van der Waals surface area (Å²) in [7, 11) is -3.14. The number of rotatable bonds is 9. The standard InChI is InChI=1S/C11H25O5P/c1-5-10(4)11(12)14-8-9-17(13,15-6-2)16-7-3/h10,13,17H,5-9H2,1-4H3. The van der Waals surface area contributed by atoms with Gasteiger partial charge in [0.15, 0.2) is 0 Å². The number of carbonyl (C=O) groups excluding carboxylic acids is 1. The van der Waals surface area contributed by atoms with Crippen molar-refractivity contribution in [2.75, 3.05) is 26.0 Å². The Kier molecular flexibility index (Phi) is 8.70. The van der Waals surface area contributed by atoms with E-state index in [1.165, 1.54) is 0 Å². The Morgan fingerprint density at radius 1 is 1.24 bits per heavy atom. The first-order valence-corrected chi connectivity index (χ1v) is 8.13. The zero-order valence-electron chi connectivity index (χ0n) is 11.2. The average molecular weight is 268 g/mol. The van der Waals surface area contributed by atoms with Crippen molar-refractivity contribution in [1.82, 2.24) is 0 Å². The van der Waals surface area contributed by atoms with Crippen molar-refractivity contribution in [3.63, 3.8) is 0 Å². The summed E-state index contributed by atoms with van der Waals surface area (Å²) in [6.45, 7) is 8.26. The summed E-state index contributed by atoms with van der Waals surface area (Å²) >= 11 is 0. The van der Waals surface area contributed by atoms with Gasteiger partial charge in [-0.1, -0.05) is 0 Å². The van der Waals surface area contributed by atoms with Crippen LogP contribution in [0.3, 0.4) is 0 Å². The molecular formula is C11H25O5P. The predicted octanol–water partition coefficient (Wildman–Crippen LogP) is 2.14. The molecule has 1 unspecified atom stereocenters. The second-order valence-electron chi connectivity index (χ2n) is 3.81. The normalized spacial score (nSPS) is 14.4. The number of carbonyl (C=O) groups is 1. The van der Waals surface area contributed by atoms with Crippen LogP contribution in [-0.2, 0) is 18.6 Å². The minimum atomic E-state index is -3.14. The molecule has 0 fully saturated rings. The van der Waals surface area contributed by atoms with Gasteiger partial charge < -0.3 is 0 Å². The van der Waals surface area contributed by atoms with Gasteiger partial charge in [0, 0.05) is 0 Å². The Morgan fingerprint density at radius 2 is 1.76 bits per heavy atom. The van der Waals surface area contributed by atoms with Crippen LogP contribution in [0.5, 0.6) is 0 Å². The van der Waals surface area contributed by atoms with Gasteiger partial charge in [0.1, 0.15) is 0 Å². The second-order valence-corrected chi connectivity index (χ2v) is 6.31. The molecule has 0 saturated heterocycles. The number of hydrogen-bond acceptors (Lipinski definition) is 5. The maximum absolute atomic E-state index is 11.4. The molecule has 0 radical (unpaired) electrons. The van der Waals surface area contributed by atoms with E-state index < -0.39 is 7.94 Å². The Bertz CT molecular complexity index is 216. The molecule has 104 valence electrons. The van der Waals surface area contributed by atoms with Crippen molar-refractivity contribution < 1.29 is 23.5 Å². The summed E-state index contributed by atoms with van der Waals surface area (Å²) in [5.41, 5.74) is 0. The molecule has 0 amide bonds. The number of hydrogen-bond donors (Lipinski definition) is 1. The molecule has 0 aromatic carbocycles. The fourth-order valence-electron chi connectivity index (χ4n) is 1.23. The molecule has 0 heterocycles. The summed E-state index contributed by atoms with van der Waals surface area (Å²) in [4.78, 5) is 21.4. The second kappa shape index (κ2) is 8.81. The van der Waals surface area contributed by atoms with Gasteiger partial charge in [-0.15, -0.1) is 0 Å². The summed E-state index contributed by atoms with van der Waals surface area (Å²) in [6.07, 6.45) is 0.994. The Balaban J connectivity index is 4.01. The fourth-order valence-corrected chi connectivity index (χ4v) is 2.86. The third-order valence-electron chi connectivity index (χ3n) is 2.42. The van der Waals surface area contributed by atoms with Crippen LogP contribution in [0.25, 0.3) is 0 Å². The van der Waals surface area contributed by atoms with Crippen LogP contribution in [0, 0.1) is 5.92 Å². The van der Waals surface area contributed by atoms with Gasteiger partial charge in [-0.2, -0.15) is 0 Å². The van der Waals surface area contributed by atoms with Gasteiger partial charge in [-0.3, -0.25) is 0 Å². The maximum atomic E-state index is 11.4. The molecule has 6 heteroatoms.